The molecule has 1 N–H and O–H groups in total. The number of ether oxygens (including phenoxy) is 1. The van der Waals surface area contributed by atoms with Gasteiger partial charge >= 0.3 is 0 Å². The second-order valence-corrected chi connectivity index (χ2v) is 9.45. The third kappa shape index (κ3) is 4.44. The highest BCUT2D eigenvalue weighted by Crippen LogP contribution is 2.32. The summed E-state index contributed by atoms with van der Waals surface area (Å²) in [5.74, 6) is 0.408. The van der Waals surface area contributed by atoms with E-state index in [0.717, 1.165) is 38.5 Å². The van der Waals surface area contributed by atoms with Crippen LogP contribution >= 0.6 is 11.3 Å². The Kier molecular flexibility index (Phi) is 6.13. The SMILES string of the molecule is COc1cccc(CCNC2CC(=O)N(c3ccc(-c4nc5ccc(C)cc5s4)cc3)C2=O)c1. The van der Waals surface area contributed by atoms with Crippen molar-refractivity contribution in [3.63, 3.8) is 0 Å². The topological polar surface area (TPSA) is 71.5 Å². The molecule has 1 saturated heterocycles. The van der Waals surface area contributed by atoms with Gasteiger partial charge in [-0.15, -0.1) is 11.3 Å². The molecule has 0 aliphatic carbocycles. The number of nitrogens with zero attached hydrogens (tertiary/aromatic N) is 2. The van der Waals surface area contributed by atoms with Gasteiger partial charge in [0, 0.05) is 5.56 Å². The summed E-state index contributed by atoms with van der Waals surface area (Å²) in [5, 5.41) is 4.16. The minimum absolute atomic E-state index is 0.163. The molecular weight excluding hydrogens is 446 g/mol. The van der Waals surface area contributed by atoms with E-state index >= 15 is 0 Å². The van der Waals surface area contributed by atoms with Crippen LogP contribution in [0.3, 0.4) is 0 Å². The predicted octanol–water partition coefficient (Wildman–Crippen LogP) is 4.74. The Morgan fingerprint density at radius 3 is 2.71 bits per heavy atom. The van der Waals surface area contributed by atoms with Gasteiger partial charge in [-0.05, 0) is 79.5 Å². The highest BCUT2D eigenvalue weighted by atomic mass is 32.1. The molecule has 3 aromatic carbocycles. The summed E-state index contributed by atoms with van der Waals surface area (Å²) in [5.41, 5.74) is 4.85. The number of fused-ring (bicyclic) bond motifs is 1. The van der Waals surface area contributed by atoms with E-state index in [1.165, 1.54) is 10.5 Å². The summed E-state index contributed by atoms with van der Waals surface area (Å²) in [7, 11) is 1.64. The van der Waals surface area contributed by atoms with Crippen molar-refractivity contribution in [2.45, 2.75) is 25.8 Å². The van der Waals surface area contributed by atoms with Crippen LogP contribution in [-0.2, 0) is 16.0 Å². The predicted molar refractivity (Wildman–Crippen MR) is 135 cm³/mol. The van der Waals surface area contributed by atoms with Crippen molar-refractivity contribution in [1.29, 1.82) is 0 Å². The second-order valence-electron chi connectivity index (χ2n) is 8.42. The Morgan fingerprint density at radius 2 is 1.91 bits per heavy atom. The van der Waals surface area contributed by atoms with Crippen molar-refractivity contribution in [3.05, 3.63) is 77.9 Å². The number of rotatable bonds is 7. The Balaban J connectivity index is 1.25. The maximum atomic E-state index is 13.0. The van der Waals surface area contributed by atoms with Crippen LogP contribution < -0.4 is 15.0 Å². The van der Waals surface area contributed by atoms with E-state index in [1.807, 2.05) is 54.6 Å². The van der Waals surface area contributed by atoms with Crippen LogP contribution in [0.1, 0.15) is 17.5 Å². The molecule has 1 aliphatic heterocycles. The first-order valence-electron chi connectivity index (χ1n) is 11.2. The van der Waals surface area contributed by atoms with E-state index < -0.39 is 6.04 Å². The van der Waals surface area contributed by atoms with Gasteiger partial charge in [0.15, 0.2) is 0 Å². The lowest BCUT2D eigenvalue weighted by Gasteiger charge is -2.16. The second kappa shape index (κ2) is 9.37. The van der Waals surface area contributed by atoms with Crippen molar-refractivity contribution in [2.24, 2.45) is 0 Å². The van der Waals surface area contributed by atoms with E-state index in [2.05, 4.69) is 24.4 Å². The molecule has 172 valence electrons. The molecule has 0 bridgehead atoms. The van der Waals surface area contributed by atoms with Gasteiger partial charge in [0.05, 0.1) is 35.5 Å². The normalized spacial score (nSPS) is 15.9. The van der Waals surface area contributed by atoms with Crippen molar-refractivity contribution < 1.29 is 14.3 Å². The van der Waals surface area contributed by atoms with Crippen LogP contribution in [0.25, 0.3) is 20.8 Å². The number of aryl methyl sites for hydroxylation is 1. The first-order chi connectivity index (χ1) is 16.5. The molecular formula is C27H25N3O3S. The highest BCUT2D eigenvalue weighted by Gasteiger charge is 2.39. The quantitative estimate of drug-likeness (QED) is 0.394. The third-order valence-electron chi connectivity index (χ3n) is 6.00. The minimum Gasteiger partial charge on any atom is -0.497 e. The molecule has 0 saturated carbocycles. The molecule has 4 aromatic rings. The lowest BCUT2D eigenvalue weighted by molar-refractivity contribution is -0.121. The molecule has 2 heterocycles. The fourth-order valence-corrected chi connectivity index (χ4v) is 5.26. The first kappa shape index (κ1) is 22.3. The van der Waals surface area contributed by atoms with Gasteiger partial charge in [0.25, 0.3) is 5.91 Å². The molecule has 0 spiro atoms. The molecule has 1 aromatic heterocycles. The number of amides is 2. The summed E-state index contributed by atoms with van der Waals surface area (Å²) in [6, 6.07) is 21.0. The first-order valence-corrected chi connectivity index (χ1v) is 12.0. The summed E-state index contributed by atoms with van der Waals surface area (Å²) >= 11 is 1.64. The van der Waals surface area contributed by atoms with Gasteiger partial charge in [-0.25, -0.2) is 9.88 Å². The zero-order chi connectivity index (χ0) is 23.7. The summed E-state index contributed by atoms with van der Waals surface area (Å²) in [4.78, 5) is 31.6. The number of nitrogens with one attached hydrogen (secondary N) is 1. The van der Waals surface area contributed by atoms with Gasteiger partial charge in [-0.1, -0.05) is 18.2 Å². The van der Waals surface area contributed by atoms with Gasteiger partial charge in [0.2, 0.25) is 5.91 Å². The molecule has 0 radical (unpaired) electrons. The lowest BCUT2D eigenvalue weighted by Crippen LogP contribution is -2.39. The molecule has 1 unspecified atom stereocenters. The van der Waals surface area contributed by atoms with Crippen LogP contribution in [-0.4, -0.2) is 36.5 Å². The van der Waals surface area contributed by atoms with Crippen LogP contribution in [0.2, 0.25) is 0 Å². The van der Waals surface area contributed by atoms with Gasteiger partial charge in [-0.3, -0.25) is 9.59 Å². The highest BCUT2D eigenvalue weighted by molar-refractivity contribution is 7.21. The number of imide groups is 1. The smallest absolute Gasteiger partial charge is 0.251 e. The van der Waals surface area contributed by atoms with Gasteiger partial charge < -0.3 is 10.1 Å². The zero-order valence-corrected chi connectivity index (χ0v) is 19.9. The monoisotopic (exact) mass is 471 g/mol. The number of hydrogen-bond acceptors (Lipinski definition) is 6. The van der Waals surface area contributed by atoms with Crippen molar-refractivity contribution in [2.75, 3.05) is 18.6 Å². The molecule has 1 fully saturated rings. The molecule has 1 aliphatic rings. The number of aromatic nitrogens is 1. The van der Waals surface area contributed by atoms with E-state index in [9.17, 15) is 9.59 Å². The number of hydrogen-bond donors (Lipinski definition) is 1. The summed E-state index contributed by atoms with van der Waals surface area (Å²) in [6.07, 6.45) is 0.904. The summed E-state index contributed by atoms with van der Waals surface area (Å²) < 4.78 is 6.40. The number of anilines is 1. The van der Waals surface area contributed by atoms with E-state index in [1.54, 1.807) is 18.4 Å². The fourth-order valence-electron chi connectivity index (χ4n) is 4.19. The van der Waals surface area contributed by atoms with Crippen LogP contribution in [0.4, 0.5) is 5.69 Å². The van der Waals surface area contributed by atoms with E-state index in [0.29, 0.717) is 12.2 Å². The van der Waals surface area contributed by atoms with Crippen LogP contribution in [0.5, 0.6) is 5.75 Å². The lowest BCUT2D eigenvalue weighted by atomic mass is 10.1. The van der Waals surface area contributed by atoms with Crippen LogP contribution in [0, 0.1) is 6.92 Å². The van der Waals surface area contributed by atoms with Gasteiger partial charge in [0.1, 0.15) is 10.8 Å². The maximum Gasteiger partial charge on any atom is 0.251 e. The average molecular weight is 472 g/mol. The Hall–Kier alpha value is -3.55. The largest absolute Gasteiger partial charge is 0.497 e. The molecule has 34 heavy (non-hydrogen) atoms. The molecule has 5 rings (SSSR count). The Labute approximate surface area is 202 Å². The number of thiazole rings is 1. The van der Waals surface area contributed by atoms with Crippen LogP contribution in [0.15, 0.2) is 66.7 Å². The average Bonchev–Trinajstić information content (AvgIpc) is 3.39. The Morgan fingerprint density at radius 1 is 1.09 bits per heavy atom. The number of methoxy groups -OCH3 is 1. The van der Waals surface area contributed by atoms with Crippen molar-refractivity contribution in [1.82, 2.24) is 10.3 Å². The van der Waals surface area contributed by atoms with E-state index in [4.69, 9.17) is 9.72 Å². The number of carbonyl (C=O) groups excluding carboxylic acids is 2. The fraction of sp³-hybridized carbons (Fsp3) is 0.222. The van der Waals surface area contributed by atoms with E-state index in [-0.39, 0.29) is 18.2 Å². The third-order valence-corrected chi connectivity index (χ3v) is 7.07. The molecule has 6 nitrogen and oxygen atoms in total. The minimum atomic E-state index is -0.509. The summed E-state index contributed by atoms with van der Waals surface area (Å²) in [6.45, 7) is 2.67. The molecule has 2 amide bonds. The molecule has 1 atom stereocenters. The van der Waals surface area contributed by atoms with Gasteiger partial charge in [-0.2, -0.15) is 0 Å². The van der Waals surface area contributed by atoms with Crippen molar-refractivity contribution in [3.8, 4) is 16.3 Å². The Bertz CT molecular complexity index is 1360. The zero-order valence-electron chi connectivity index (χ0n) is 19.1. The maximum absolute atomic E-state index is 13.0. The van der Waals surface area contributed by atoms with Crippen molar-refractivity contribution >= 4 is 39.1 Å². The number of benzene rings is 3. The molecule has 7 heteroatoms. The standard InChI is InChI=1S/C27H25N3O3S/c1-17-6-11-22-24(14-17)34-26(29-22)19-7-9-20(10-8-19)30-25(31)16-23(27(30)32)28-13-12-18-4-3-5-21(15-18)33-2/h3-11,14-15,23,28H,12-13,16H2,1-2H3. The number of carbonyl (C=O) groups is 2.